The molecule has 0 spiro atoms. The third-order valence-corrected chi connectivity index (χ3v) is 5.65. The van der Waals surface area contributed by atoms with Crippen molar-refractivity contribution in [3.8, 4) is 11.5 Å². The Kier molecular flexibility index (Phi) is 9.16. The minimum atomic E-state index is -0.480. The Morgan fingerprint density at radius 3 is 2.43 bits per heavy atom. The van der Waals surface area contributed by atoms with Crippen molar-refractivity contribution >= 4 is 17.5 Å². The average molecular weight is 488 g/mol. The molecule has 9 nitrogen and oxygen atoms in total. The highest BCUT2D eigenvalue weighted by Gasteiger charge is 2.35. The molecule has 0 aromatic heterocycles. The van der Waals surface area contributed by atoms with E-state index in [1.807, 2.05) is 6.07 Å². The molecule has 10 heteroatoms. The zero-order chi connectivity index (χ0) is 25.4. The second-order valence-electron chi connectivity index (χ2n) is 7.86. The van der Waals surface area contributed by atoms with Crippen molar-refractivity contribution in [3.63, 3.8) is 0 Å². The molecule has 1 unspecified atom stereocenters. The van der Waals surface area contributed by atoms with Gasteiger partial charge in [0.1, 0.15) is 30.5 Å². The van der Waals surface area contributed by atoms with E-state index in [-0.39, 0.29) is 43.9 Å². The normalized spacial score (nSPS) is 15.1. The number of carbonyl (C=O) groups excluding carboxylic acids is 2. The molecule has 1 atom stereocenters. The molecule has 0 saturated heterocycles. The molecule has 0 saturated carbocycles. The van der Waals surface area contributed by atoms with Crippen LogP contribution in [0.25, 0.3) is 0 Å². The van der Waals surface area contributed by atoms with E-state index in [1.165, 1.54) is 36.3 Å². The number of halogens is 1. The van der Waals surface area contributed by atoms with Gasteiger partial charge in [0.25, 0.3) is 5.91 Å². The van der Waals surface area contributed by atoms with Gasteiger partial charge in [-0.15, -0.1) is 0 Å². The van der Waals surface area contributed by atoms with E-state index >= 15 is 0 Å². The zero-order valence-electron chi connectivity index (χ0n) is 20.3. The van der Waals surface area contributed by atoms with Crippen molar-refractivity contribution in [1.29, 1.82) is 0 Å². The van der Waals surface area contributed by atoms with Crippen LogP contribution in [0.5, 0.6) is 11.5 Å². The van der Waals surface area contributed by atoms with Crippen molar-refractivity contribution in [3.05, 3.63) is 59.4 Å². The van der Waals surface area contributed by atoms with Crippen LogP contribution in [0.1, 0.15) is 23.6 Å². The van der Waals surface area contributed by atoms with Crippen LogP contribution in [-0.2, 0) is 19.1 Å². The van der Waals surface area contributed by atoms with Gasteiger partial charge in [0.15, 0.2) is 0 Å². The van der Waals surface area contributed by atoms with Crippen LogP contribution < -0.4 is 9.47 Å². The molecule has 2 aromatic rings. The molecule has 3 rings (SSSR count). The number of benzene rings is 2. The maximum Gasteiger partial charge on any atom is 0.262 e. The quantitative estimate of drug-likeness (QED) is 0.484. The molecule has 0 aliphatic carbocycles. The molecule has 35 heavy (non-hydrogen) atoms. The van der Waals surface area contributed by atoms with Crippen molar-refractivity contribution in [2.75, 3.05) is 54.7 Å². The van der Waals surface area contributed by atoms with Crippen molar-refractivity contribution in [2.24, 2.45) is 5.10 Å². The molecule has 2 amide bonds. The summed E-state index contributed by atoms with van der Waals surface area (Å²) in [6.45, 7) is 0.125. The Hall–Kier alpha value is -3.50. The third kappa shape index (κ3) is 6.34. The van der Waals surface area contributed by atoms with Gasteiger partial charge < -0.3 is 23.8 Å². The molecule has 0 radical (unpaired) electrons. The smallest absolute Gasteiger partial charge is 0.262 e. The number of ether oxygens (including phenoxy) is 4. The molecule has 188 valence electrons. The van der Waals surface area contributed by atoms with Gasteiger partial charge in [-0.2, -0.15) is 5.10 Å². The van der Waals surface area contributed by atoms with E-state index in [4.69, 9.17) is 18.9 Å². The molecular formula is C25H30FN3O6. The number of methoxy groups -OCH3 is 4. The molecule has 0 bridgehead atoms. The first-order valence-electron chi connectivity index (χ1n) is 11.0. The van der Waals surface area contributed by atoms with Crippen LogP contribution in [0.4, 0.5) is 4.39 Å². The van der Waals surface area contributed by atoms with Gasteiger partial charge in [0, 0.05) is 38.8 Å². The number of rotatable bonds is 11. The van der Waals surface area contributed by atoms with Crippen LogP contribution in [-0.4, -0.2) is 82.2 Å². The largest absolute Gasteiger partial charge is 0.497 e. The van der Waals surface area contributed by atoms with Crippen LogP contribution in [0.3, 0.4) is 0 Å². The number of carbonyl (C=O) groups is 2. The van der Waals surface area contributed by atoms with Crippen LogP contribution >= 0.6 is 0 Å². The highest BCUT2D eigenvalue weighted by Crippen LogP contribution is 2.36. The molecular weight excluding hydrogens is 457 g/mol. The lowest BCUT2D eigenvalue weighted by atomic mass is 9.97. The Balaban J connectivity index is 1.95. The van der Waals surface area contributed by atoms with Gasteiger partial charge in [0.05, 0.1) is 32.6 Å². The Labute approximate surface area is 204 Å². The number of hydrazone groups is 1. The number of hydrogen-bond donors (Lipinski definition) is 0. The lowest BCUT2D eigenvalue weighted by molar-refractivity contribution is -0.144. The van der Waals surface area contributed by atoms with E-state index in [2.05, 4.69) is 5.10 Å². The Morgan fingerprint density at radius 2 is 1.80 bits per heavy atom. The van der Waals surface area contributed by atoms with Gasteiger partial charge in [-0.25, -0.2) is 9.40 Å². The molecule has 1 aliphatic rings. The second-order valence-corrected chi connectivity index (χ2v) is 7.86. The van der Waals surface area contributed by atoms with Crippen molar-refractivity contribution in [1.82, 2.24) is 9.91 Å². The number of nitrogens with zero attached hydrogens (tertiary/aromatic N) is 3. The predicted octanol–water partition coefficient (Wildman–Crippen LogP) is 2.64. The SMILES string of the molecule is COCCN(CC(=O)N1N=C(c2ccc(OC)cc2OC)CC1c1ccc(F)cc1)C(=O)COC. The standard InChI is InChI=1S/C25H30FN3O6/c1-32-12-11-28(25(31)16-33-2)15-24(30)29-22(17-5-7-18(26)8-6-17)14-21(27-29)20-10-9-19(34-3)13-23(20)35-4/h5-10,13,22H,11-12,14-16H2,1-4H3. The predicted molar refractivity (Wildman–Crippen MR) is 127 cm³/mol. The summed E-state index contributed by atoms with van der Waals surface area (Å²) in [7, 11) is 6.04. The summed E-state index contributed by atoms with van der Waals surface area (Å²) in [5.74, 6) is 0.0715. The van der Waals surface area contributed by atoms with Crippen LogP contribution in [0.15, 0.2) is 47.6 Å². The van der Waals surface area contributed by atoms with Gasteiger partial charge in [0.2, 0.25) is 5.91 Å². The summed E-state index contributed by atoms with van der Waals surface area (Å²) in [4.78, 5) is 27.3. The highest BCUT2D eigenvalue weighted by atomic mass is 19.1. The lowest BCUT2D eigenvalue weighted by Gasteiger charge is -2.26. The van der Waals surface area contributed by atoms with Crippen LogP contribution in [0, 0.1) is 5.82 Å². The fourth-order valence-electron chi connectivity index (χ4n) is 3.83. The second kappa shape index (κ2) is 12.3. The first-order chi connectivity index (χ1) is 16.9. The molecule has 0 N–H and O–H groups in total. The van der Waals surface area contributed by atoms with Gasteiger partial charge in [-0.05, 0) is 29.8 Å². The lowest BCUT2D eigenvalue weighted by Crippen LogP contribution is -2.44. The average Bonchev–Trinajstić information content (AvgIpc) is 3.32. The maximum absolute atomic E-state index is 13.6. The third-order valence-electron chi connectivity index (χ3n) is 5.65. The maximum atomic E-state index is 13.6. The summed E-state index contributed by atoms with van der Waals surface area (Å²) >= 11 is 0. The molecule has 0 fully saturated rings. The minimum absolute atomic E-state index is 0.157. The summed E-state index contributed by atoms with van der Waals surface area (Å²) < 4.78 is 34.4. The summed E-state index contributed by atoms with van der Waals surface area (Å²) in [6.07, 6.45) is 0.379. The molecule has 2 aromatic carbocycles. The summed E-state index contributed by atoms with van der Waals surface area (Å²) in [5.41, 5.74) is 2.05. The monoisotopic (exact) mass is 487 g/mol. The zero-order valence-corrected chi connectivity index (χ0v) is 20.3. The van der Waals surface area contributed by atoms with Gasteiger partial charge >= 0.3 is 0 Å². The van der Waals surface area contributed by atoms with Crippen LogP contribution in [0.2, 0.25) is 0 Å². The van der Waals surface area contributed by atoms with E-state index in [9.17, 15) is 14.0 Å². The van der Waals surface area contributed by atoms with Gasteiger partial charge in [-0.3, -0.25) is 9.59 Å². The number of amides is 2. The fraction of sp³-hybridized carbons (Fsp3) is 0.400. The number of hydrogen-bond acceptors (Lipinski definition) is 7. The van der Waals surface area contributed by atoms with E-state index in [0.29, 0.717) is 29.2 Å². The topological polar surface area (TPSA) is 89.9 Å². The Morgan fingerprint density at radius 1 is 1.06 bits per heavy atom. The van der Waals surface area contributed by atoms with E-state index < -0.39 is 6.04 Å². The van der Waals surface area contributed by atoms with Gasteiger partial charge in [-0.1, -0.05) is 12.1 Å². The summed E-state index contributed by atoms with van der Waals surface area (Å²) in [5, 5.41) is 5.98. The highest BCUT2D eigenvalue weighted by molar-refractivity contribution is 6.05. The first kappa shape index (κ1) is 26.1. The molecule has 1 aliphatic heterocycles. The Bertz CT molecular complexity index is 1060. The van der Waals surface area contributed by atoms with E-state index in [1.54, 1.807) is 38.5 Å². The minimum Gasteiger partial charge on any atom is -0.497 e. The van der Waals surface area contributed by atoms with Crippen molar-refractivity contribution in [2.45, 2.75) is 12.5 Å². The first-order valence-corrected chi connectivity index (χ1v) is 11.0. The molecule has 1 heterocycles. The van der Waals surface area contributed by atoms with Crippen molar-refractivity contribution < 1.29 is 32.9 Å². The fourth-order valence-corrected chi connectivity index (χ4v) is 3.83. The summed E-state index contributed by atoms with van der Waals surface area (Å²) in [6, 6.07) is 10.8. The van der Waals surface area contributed by atoms with E-state index in [0.717, 1.165) is 5.56 Å².